The summed E-state index contributed by atoms with van der Waals surface area (Å²) < 4.78 is 13.8. The highest BCUT2D eigenvalue weighted by atomic mass is 35.5. The molecule has 0 bridgehead atoms. The van der Waals surface area contributed by atoms with Crippen molar-refractivity contribution in [2.75, 3.05) is 13.2 Å². The summed E-state index contributed by atoms with van der Waals surface area (Å²) in [5.74, 6) is -0.346. The molecular weight excluding hydrogens is 279 g/mol. The van der Waals surface area contributed by atoms with Crippen molar-refractivity contribution in [3.63, 3.8) is 0 Å². The van der Waals surface area contributed by atoms with E-state index in [2.05, 4.69) is 0 Å². The summed E-state index contributed by atoms with van der Waals surface area (Å²) >= 11 is 5.96. The largest absolute Gasteiger partial charge is 0.395 e. The lowest BCUT2D eigenvalue weighted by molar-refractivity contribution is 0.115. The van der Waals surface area contributed by atoms with Gasteiger partial charge in [-0.15, -0.1) is 0 Å². The van der Waals surface area contributed by atoms with E-state index in [1.165, 1.54) is 6.07 Å². The number of rotatable bonds is 5. The molecule has 0 atom stereocenters. The van der Waals surface area contributed by atoms with Gasteiger partial charge in [0.25, 0.3) is 0 Å². The van der Waals surface area contributed by atoms with Crippen molar-refractivity contribution in [3.8, 4) is 0 Å². The average molecular weight is 295 g/mol. The van der Waals surface area contributed by atoms with E-state index in [1.54, 1.807) is 42.5 Å². The van der Waals surface area contributed by atoms with Crippen molar-refractivity contribution < 1.29 is 14.6 Å². The van der Waals surface area contributed by atoms with Crippen molar-refractivity contribution in [1.82, 2.24) is 0 Å². The first-order valence-electron chi connectivity index (χ1n) is 6.32. The van der Waals surface area contributed by atoms with Crippen LogP contribution >= 0.6 is 11.6 Å². The van der Waals surface area contributed by atoms with E-state index in [0.717, 1.165) is 0 Å². The maximum Gasteiger partial charge on any atom is 0.126 e. The van der Waals surface area contributed by atoms with Crippen LogP contribution in [0.25, 0.3) is 0 Å². The van der Waals surface area contributed by atoms with Crippen LogP contribution in [0.15, 0.2) is 48.5 Å². The molecular formula is C16H16ClFO2. The Morgan fingerprint density at radius 2 is 1.70 bits per heavy atom. The first-order valence-corrected chi connectivity index (χ1v) is 6.70. The normalized spacial score (nSPS) is 11.6. The molecule has 106 valence electrons. The van der Waals surface area contributed by atoms with E-state index >= 15 is 0 Å². The molecule has 2 nitrogen and oxygen atoms in total. The number of hydrogen-bond donors (Lipinski definition) is 2. The predicted molar refractivity (Wildman–Crippen MR) is 77.4 cm³/mol. The van der Waals surface area contributed by atoms with Crippen LogP contribution in [0.5, 0.6) is 0 Å². The molecule has 2 aromatic carbocycles. The third kappa shape index (κ3) is 3.01. The van der Waals surface area contributed by atoms with Gasteiger partial charge in [-0.05, 0) is 35.7 Å². The summed E-state index contributed by atoms with van der Waals surface area (Å²) in [4.78, 5) is 0. The fraction of sp³-hybridized carbons (Fsp3) is 0.250. The maximum atomic E-state index is 13.8. The fourth-order valence-corrected chi connectivity index (χ4v) is 2.46. The van der Waals surface area contributed by atoms with Gasteiger partial charge in [-0.3, -0.25) is 0 Å². The number of benzene rings is 2. The summed E-state index contributed by atoms with van der Waals surface area (Å²) in [5.41, 5.74) is 0.196. The van der Waals surface area contributed by atoms with Gasteiger partial charge in [-0.25, -0.2) is 4.39 Å². The van der Waals surface area contributed by atoms with Crippen LogP contribution in [0.2, 0.25) is 5.02 Å². The number of halogens is 2. The fourth-order valence-electron chi connectivity index (χ4n) is 2.27. The van der Waals surface area contributed by atoms with Crippen LogP contribution in [0.3, 0.4) is 0 Å². The molecule has 0 aliphatic heterocycles. The second kappa shape index (κ2) is 6.35. The molecule has 4 heteroatoms. The van der Waals surface area contributed by atoms with Crippen LogP contribution < -0.4 is 0 Å². The third-order valence-corrected chi connectivity index (χ3v) is 3.76. The second-order valence-corrected chi connectivity index (χ2v) is 5.31. The molecule has 0 heterocycles. The minimum Gasteiger partial charge on any atom is -0.395 e. The van der Waals surface area contributed by atoms with E-state index < -0.39 is 5.41 Å². The molecule has 0 amide bonds. The van der Waals surface area contributed by atoms with Crippen LogP contribution in [0.1, 0.15) is 11.1 Å². The molecule has 0 aromatic heterocycles. The van der Waals surface area contributed by atoms with Gasteiger partial charge in [-0.1, -0.05) is 41.9 Å². The Labute approximate surface area is 122 Å². The summed E-state index contributed by atoms with van der Waals surface area (Å²) in [6, 6.07) is 13.3. The SMILES string of the molecule is OCC(CO)(Cc1ccccc1F)c1cccc(Cl)c1. The zero-order valence-corrected chi connectivity index (χ0v) is 11.6. The number of aliphatic hydroxyl groups excluding tert-OH is 2. The van der Waals surface area contributed by atoms with E-state index in [4.69, 9.17) is 11.6 Å². The van der Waals surface area contributed by atoms with Crippen LogP contribution in [-0.2, 0) is 11.8 Å². The first-order chi connectivity index (χ1) is 9.61. The molecule has 20 heavy (non-hydrogen) atoms. The van der Waals surface area contributed by atoms with Crippen molar-refractivity contribution in [3.05, 3.63) is 70.5 Å². The standard InChI is InChI=1S/C16H16ClFO2/c17-14-6-3-5-13(8-14)16(10-19,11-20)9-12-4-1-2-7-15(12)18/h1-8,19-20H,9-11H2. The molecule has 0 unspecified atom stereocenters. The van der Waals surface area contributed by atoms with Gasteiger partial charge in [0.2, 0.25) is 0 Å². The second-order valence-electron chi connectivity index (χ2n) is 4.88. The van der Waals surface area contributed by atoms with E-state index in [1.807, 2.05) is 0 Å². The van der Waals surface area contributed by atoms with Gasteiger partial charge in [0.15, 0.2) is 0 Å². The summed E-state index contributed by atoms with van der Waals surface area (Å²) in [6.45, 7) is -0.587. The van der Waals surface area contributed by atoms with Gasteiger partial charge in [0, 0.05) is 10.4 Å². The van der Waals surface area contributed by atoms with Gasteiger partial charge in [-0.2, -0.15) is 0 Å². The Morgan fingerprint density at radius 3 is 2.30 bits per heavy atom. The lowest BCUT2D eigenvalue weighted by Gasteiger charge is -2.31. The zero-order chi connectivity index (χ0) is 14.6. The Balaban J connectivity index is 2.42. The Hall–Kier alpha value is -1.42. The van der Waals surface area contributed by atoms with E-state index in [0.29, 0.717) is 16.1 Å². The van der Waals surface area contributed by atoms with Crippen LogP contribution in [0.4, 0.5) is 4.39 Å². The highest BCUT2D eigenvalue weighted by Crippen LogP contribution is 2.30. The van der Waals surface area contributed by atoms with Gasteiger partial charge < -0.3 is 10.2 Å². The minimum absolute atomic E-state index is 0.201. The number of aliphatic hydroxyl groups is 2. The molecule has 0 aliphatic rings. The third-order valence-electron chi connectivity index (χ3n) is 3.53. The minimum atomic E-state index is -0.951. The quantitative estimate of drug-likeness (QED) is 0.890. The summed E-state index contributed by atoms with van der Waals surface area (Å²) in [7, 11) is 0. The van der Waals surface area contributed by atoms with Crippen molar-refractivity contribution in [2.24, 2.45) is 0 Å². The molecule has 2 N–H and O–H groups in total. The molecule has 2 rings (SSSR count). The highest BCUT2D eigenvalue weighted by Gasteiger charge is 2.32. The van der Waals surface area contributed by atoms with Gasteiger partial charge in [0.05, 0.1) is 13.2 Å². The molecule has 0 saturated carbocycles. The molecule has 0 spiro atoms. The molecule has 0 fully saturated rings. The number of hydrogen-bond acceptors (Lipinski definition) is 2. The Morgan fingerprint density at radius 1 is 1.00 bits per heavy atom. The van der Waals surface area contributed by atoms with Crippen molar-refractivity contribution in [2.45, 2.75) is 11.8 Å². The van der Waals surface area contributed by atoms with Crippen molar-refractivity contribution >= 4 is 11.6 Å². The van der Waals surface area contributed by atoms with E-state index in [-0.39, 0.29) is 25.5 Å². The predicted octanol–water partition coefficient (Wildman–Crippen LogP) is 2.94. The maximum absolute atomic E-state index is 13.8. The summed E-state index contributed by atoms with van der Waals surface area (Å²) in [5, 5.41) is 20.0. The van der Waals surface area contributed by atoms with Crippen LogP contribution in [0, 0.1) is 5.82 Å². The van der Waals surface area contributed by atoms with E-state index in [9.17, 15) is 14.6 Å². The van der Waals surface area contributed by atoms with Crippen LogP contribution in [-0.4, -0.2) is 23.4 Å². The lowest BCUT2D eigenvalue weighted by Crippen LogP contribution is -2.37. The van der Waals surface area contributed by atoms with Gasteiger partial charge in [0.1, 0.15) is 5.82 Å². The topological polar surface area (TPSA) is 40.5 Å². The average Bonchev–Trinajstić information content (AvgIpc) is 2.47. The molecule has 0 aliphatic carbocycles. The van der Waals surface area contributed by atoms with Crippen molar-refractivity contribution in [1.29, 1.82) is 0 Å². The highest BCUT2D eigenvalue weighted by molar-refractivity contribution is 6.30. The lowest BCUT2D eigenvalue weighted by atomic mass is 9.77. The molecule has 2 aromatic rings. The van der Waals surface area contributed by atoms with Gasteiger partial charge >= 0.3 is 0 Å². The first kappa shape index (κ1) is 15.0. The Kier molecular flexibility index (Phi) is 4.76. The molecule has 0 saturated heterocycles. The molecule has 0 radical (unpaired) electrons. The summed E-state index contributed by atoms with van der Waals surface area (Å²) in [6.07, 6.45) is 0.201. The zero-order valence-electron chi connectivity index (χ0n) is 10.9. The monoisotopic (exact) mass is 294 g/mol. The smallest absolute Gasteiger partial charge is 0.126 e. The Bertz CT molecular complexity index is 582.